The highest BCUT2D eigenvalue weighted by Crippen LogP contribution is 2.61. The molecule has 4 heteroatoms. The summed E-state index contributed by atoms with van der Waals surface area (Å²) >= 11 is 0. The van der Waals surface area contributed by atoms with E-state index >= 15 is 0 Å². The van der Waals surface area contributed by atoms with Crippen molar-refractivity contribution in [2.24, 2.45) is 23.2 Å². The van der Waals surface area contributed by atoms with Crippen molar-refractivity contribution in [3.05, 3.63) is 30.1 Å². The minimum atomic E-state index is -0.391. The molecule has 0 spiro atoms. The first-order valence-corrected chi connectivity index (χ1v) is 8.97. The standard InChI is InChI=1S/C19H26N2O2/c22-17(12-21-18(23)8-13-1-3-20-4-2-13)19-9-14-5-15(10-19)7-16(6-14)11-19/h1-4,14-17,22H,5-12H2,(H,21,23)/t14?,15?,16?,17-,19?/m1/s1. The maximum absolute atomic E-state index is 12.1. The smallest absolute Gasteiger partial charge is 0.224 e. The molecule has 124 valence electrons. The van der Waals surface area contributed by atoms with Crippen LogP contribution in [0.25, 0.3) is 0 Å². The molecule has 4 aliphatic rings. The Morgan fingerprint density at radius 3 is 2.30 bits per heavy atom. The first-order valence-electron chi connectivity index (χ1n) is 8.97. The van der Waals surface area contributed by atoms with Crippen molar-refractivity contribution < 1.29 is 9.90 Å². The SMILES string of the molecule is O=C(Cc1ccncc1)NC[C@@H](O)C12CC3CC(CC(C3)C1)C2. The lowest BCUT2D eigenvalue weighted by Gasteiger charge is -2.58. The van der Waals surface area contributed by atoms with Crippen molar-refractivity contribution in [3.63, 3.8) is 0 Å². The second-order valence-corrected chi connectivity index (χ2v) is 8.13. The summed E-state index contributed by atoms with van der Waals surface area (Å²) in [6.07, 6.45) is 11.0. The minimum absolute atomic E-state index is 0.0139. The number of aliphatic hydroxyl groups excluding tert-OH is 1. The van der Waals surface area contributed by atoms with Gasteiger partial charge in [-0.1, -0.05) is 0 Å². The van der Waals surface area contributed by atoms with Gasteiger partial charge in [0.1, 0.15) is 0 Å². The Balaban J connectivity index is 1.33. The van der Waals surface area contributed by atoms with Crippen LogP contribution in [0.5, 0.6) is 0 Å². The molecule has 1 heterocycles. The second-order valence-electron chi connectivity index (χ2n) is 8.13. The van der Waals surface area contributed by atoms with E-state index < -0.39 is 6.10 Å². The highest BCUT2D eigenvalue weighted by molar-refractivity contribution is 5.78. The number of aliphatic hydroxyl groups is 1. The van der Waals surface area contributed by atoms with Crippen molar-refractivity contribution in [1.29, 1.82) is 0 Å². The van der Waals surface area contributed by atoms with Crippen molar-refractivity contribution in [2.45, 2.75) is 51.0 Å². The molecule has 1 amide bonds. The van der Waals surface area contributed by atoms with Crippen LogP contribution in [-0.4, -0.2) is 28.6 Å². The fourth-order valence-corrected chi connectivity index (χ4v) is 5.76. The van der Waals surface area contributed by atoms with Crippen molar-refractivity contribution in [3.8, 4) is 0 Å². The Kier molecular flexibility index (Phi) is 3.88. The molecule has 0 aromatic carbocycles. The molecule has 1 aromatic rings. The minimum Gasteiger partial charge on any atom is -0.391 e. The van der Waals surface area contributed by atoms with Crippen LogP contribution < -0.4 is 5.32 Å². The molecule has 2 N–H and O–H groups in total. The van der Waals surface area contributed by atoms with E-state index in [1.54, 1.807) is 12.4 Å². The zero-order valence-electron chi connectivity index (χ0n) is 13.6. The highest BCUT2D eigenvalue weighted by atomic mass is 16.3. The van der Waals surface area contributed by atoms with E-state index in [1.165, 1.54) is 38.5 Å². The predicted octanol–water partition coefficient (Wildman–Crippen LogP) is 2.32. The number of hydrogen-bond donors (Lipinski definition) is 2. The van der Waals surface area contributed by atoms with E-state index in [0.717, 1.165) is 23.3 Å². The second kappa shape index (κ2) is 5.90. The monoisotopic (exact) mass is 314 g/mol. The van der Waals surface area contributed by atoms with Gasteiger partial charge in [0.15, 0.2) is 0 Å². The molecule has 4 bridgehead atoms. The van der Waals surface area contributed by atoms with Crippen LogP contribution in [0, 0.1) is 23.2 Å². The third kappa shape index (κ3) is 3.01. The molecule has 4 fully saturated rings. The van der Waals surface area contributed by atoms with Crippen LogP contribution in [-0.2, 0) is 11.2 Å². The normalized spacial score (nSPS) is 36.0. The molecule has 0 unspecified atom stereocenters. The Bertz CT molecular complexity index is 537. The number of carbonyl (C=O) groups is 1. The fourth-order valence-electron chi connectivity index (χ4n) is 5.76. The fraction of sp³-hybridized carbons (Fsp3) is 0.684. The predicted molar refractivity (Wildman–Crippen MR) is 87.6 cm³/mol. The van der Waals surface area contributed by atoms with Gasteiger partial charge in [0, 0.05) is 18.9 Å². The zero-order chi connectivity index (χ0) is 15.9. The third-order valence-corrected chi connectivity index (χ3v) is 6.40. The molecule has 1 aromatic heterocycles. The van der Waals surface area contributed by atoms with E-state index in [0.29, 0.717) is 13.0 Å². The van der Waals surface area contributed by atoms with Crippen LogP contribution in [0.2, 0.25) is 0 Å². The molecular formula is C19H26N2O2. The topological polar surface area (TPSA) is 62.2 Å². The average Bonchev–Trinajstić information content (AvgIpc) is 2.52. The molecule has 0 saturated heterocycles. The number of aromatic nitrogens is 1. The average molecular weight is 314 g/mol. The van der Waals surface area contributed by atoms with Gasteiger partial charge < -0.3 is 10.4 Å². The third-order valence-electron chi connectivity index (χ3n) is 6.40. The van der Waals surface area contributed by atoms with E-state index in [9.17, 15) is 9.90 Å². The van der Waals surface area contributed by atoms with Crippen LogP contribution >= 0.6 is 0 Å². The van der Waals surface area contributed by atoms with Crippen molar-refractivity contribution >= 4 is 5.91 Å². The van der Waals surface area contributed by atoms with E-state index in [4.69, 9.17) is 0 Å². The molecule has 4 aliphatic carbocycles. The number of carbonyl (C=O) groups excluding carboxylic acids is 1. The van der Waals surface area contributed by atoms with Crippen LogP contribution in [0.1, 0.15) is 44.1 Å². The molecule has 1 atom stereocenters. The number of hydrogen-bond acceptors (Lipinski definition) is 3. The first kappa shape index (κ1) is 15.1. The van der Waals surface area contributed by atoms with Gasteiger partial charge >= 0.3 is 0 Å². The highest BCUT2D eigenvalue weighted by Gasteiger charge is 2.53. The molecule has 4 saturated carbocycles. The summed E-state index contributed by atoms with van der Waals surface area (Å²) in [7, 11) is 0. The van der Waals surface area contributed by atoms with E-state index in [1.807, 2.05) is 12.1 Å². The van der Waals surface area contributed by atoms with Gasteiger partial charge in [0.25, 0.3) is 0 Å². The molecular weight excluding hydrogens is 288 g/mol. The van der Waals surface area contributed by atoms with Gasteiger partial charge in [-0.15, -0.1) is 0 Å². The summed E-state index contributed by atoms with van der Waals surface area (Å²) in [6.45, 7) is 0.399. The summed E-state index contributed by atoms with van der Waals surface area (Å²) in [6, 6.07) is 3.71. The molecule has 4 nitrogen and oxygen atoms in total. The largest absolute Gasteiger partial charge is 0.391 e. The van der Waals surface area contributed by atoms with Gasteiger partial charge in [-0.2, -0.15) is 0 Å². The number of rotatable bonds is 5. The van der Waals surface area contributed by atoms with Crippen molar-refractivity contribution in [2.75, 3.05) is 6.54 Å². The number of amides is 1. The maximum atomic E-state index is 12.1. The van der Waals surface area contributed by atoms with Gasteiger partial charge in [0.05, 0.1) is 12.5 Å². The van der Waals surface area contributed by atoms with E-state index in [2.05, 4.69) is 10.3 Å². The lowest BCUT2D eigenvalue weighted by Crippen LogP contribution is -2.54. The summed E-state index contributed by atoms with van der Waals surface area (Å²) in [5.41, 5.74) is 1.04. The van der Waals surface area contributed by atoms with E-state index in [-0.39, 0.29) is 11.3 Å². The van der Waals surface area contributed by atoms with Gasteiger partial charge in [-0.3, -0.25) is 9.78 Å². The zero-order valence-corrected chi connectivity index (χ0v) is 13.6. The van der Waals surface area contributed by atoms with Gasteiger partial charge in [-0.25, -0.2) is 0 Å². The van der Waals surface area contributed by atoms with Crippen molar-refractivity contribution in [1.82, 2.24) is 10.3 Å². The number of nitrogens with zero attached hydrogens (tertiary/aromatic N) is 1. The lowest BCUT2D eigenvalue weighted by molar-refractivity contribution is -0.128. The lowest BCUT2D eigenvalue weighted by atomic mass is 9.48. The molecule has 0 aliphatic heterocycles. The summed E-state index contributed by atoms with van der Waals surface area (Å²) in [4.78, 5) is 16.1. The Hall–Kier alpha value is -1.42. The number of nitrogens with one attached hydrogen (secondary N) is 1. The van der Waals surface area contributed by atoms with Crippen LogP contribution in [0.3, 0.4) is 0 Å². The Labute approximate surface area is 137 Å². The Morgan fingerprint density at radius 2 is 1.74 bits per heavy atom. The van der Waals surface area contributed by atoms with Gasteiger partial charge in [0.2, 0.25) is 5.91 Å². The Morgan fingerprint density at radius 1 is 1.17 bits per heavy atom. The van der Waals surface area contributed by atoms with Crippen LogP contribution in [0.4, 0.5) is 0 Å². The summed E-state index contributed by atoms with van der Waals surface area (Å²) < 4.78 is 0. The van der Waals surface area contributed by atoms with Crippen LogP contribution in [0.15, 0.2) is 24.5 Å². The van der Waals surface area contributed by atoms with Gasteiger partial charge in [-0.05, 0) is 79.4 Å². The first-order chi connectivity index (χ1) is 11.1. The molecule has 23 heavy (non-hydrogen) atoms. The number of pyridine rings is 1. The molecule has 0 radical (unpaired) electrons. The summed E-state index contributed by atoms with van der Waals surface area (Å²) in [5.74, 6) is 2.45. The molecule has 5 rings (SSSR count). The summed E-state index contributed by atoms with van der Waals surface area (Å²) in [5, 5.41) is 13.8. The maximum Gasteiger partial charge on any atom is 0.224 e. The quantitative estimate of drug-likeness (QED) is 0.877.